The normalized spacial score (nSPS) is 7.62. The molecule has 0 unspecified atom stereocenters. The summed E-state index contributed by atoms with van der Waals surface area (Å²) in [7, 11) is 0. The summed E-state index contributed by atoms with van der Waals surface area (Å²) in [5, 5.41) is 16.6. The van der Waals surface area contributed by atoms with Gasteiger partial charge in [0.1, 0.15) is 5.82 Å². The van der Waals surface area contributed by atoms with Crippen LogP contribution in [-0.4, -0.2) is 0 Å². The second-order valence-corrected chi connectivity index (χ2v) is 2.20. The van der Waals surface area contributed by atoms with E-state index in [2.05, 4.69) is 11.8 Å². The van der Waals surface area contributed by atoms with Crippen molar-refractivity contribution >= 4 is 0 Å². The Morgan fingerprint density at radius 2 is 1.77 bits per heavy atom. The van der Waals surface area contributed by atoms with E-state index < -0.39 is 5.82 Å². The number of hydrogen-bond donors (Lipinski definition) is 0. The summed E-state index contributed by atoms with van der Waals surface area (Å²) in [5.41, 5.74) is 0.528. The maximum atomic E-state index is 12.7. The molecule has 0 aliphatic carbocycles. The van der Waals surface area contributed by atoms with Gasteiger partial charge in [-0.15, -0.1) is 0 Å². The van der Waals surface area contributed by atoms with Crippen molar-refractivity contribution in [1.29, 1.82) is 10.5 Å². The van der Waals surface area contributed by atoms with Crippen LogP contribution in [0.15, 0.2) is 18.2 Å². The van der Waals surface area contributed by atoms with Gasteiger partial charge in [0.2, 0.25) is 0 Å². The zero-order valence-corrected chi connectivity index (χ0v) is 6.50. The molecule has 0 aromatic heterocycles. The molecule has 0 radical (unpaired) electrons. The van der Waals surface area contributed by atoms with E-state index in [0.717, 1.165) is 6.07 Å². The van der Waals surface area contributed by atoms with Crippen LogP contribution in [0.4, 0.5) is 4.39 Å². The molecule has 1 aromatic rings. The molecule has 0 spiro atoms. The molecule has 0 saturated carbocycles. The molecule has 0 aliphatic rings. The molecule has 1 rings (SSSR count). The van der Waals surface area contributed by atoms with Crippen LogP contribution >= 0.6 is 0 Å². The quantitative estimate of drug-likeness (QED) is 0.555. The standard InChI is InChI=1S/C10H3FN2/c11-10-5-8(2-1-3-12)4-9(6-10)7-13/h4-6H. The smallest absolute Gasteiger partial charge is 0.152 e. The molecular formula is C10H3FN2. The van der Waals surface area contributed by atoms with Gasteiger partial charge in [-0.2, -0.15) is 10.5 Å². The highest BCUT2D eigenvalue weighted by atomic mass is 19.1. The summed E-state index contributed by atoms with van der Waals surface area (Å²) in [5.74, 6) is 4.00. The molecule has 0 amide bonds. The first kappa shape index (κ1) is 8.78. The van der Waals surface area contributed by atoms with E-state index in [0.29, 0.717) is 5.56 Å². The summed E-state index contributed by atoms with van der Waals surface area (Å²) < 4.78 is 12.7. The maximum absolute atomic E-state index is 12.7. The van der Waals surface area contributed by atoms with Crippen molar-refractivity contribution in [3.05, 3.63) is 35.1 Å². The molecule has 1 aromatic carbocycles. The average Bonchev–Trinajstić information content (AvgIpc) is 2.14. The van der Waals surface area contributed by atoms with Crippen LogP contribution in [0, 0.1) is 40.3 Å². The fourth-order valence-electron chi connectivity index (χ4n) is 0.826. The average molecular weight is 170 g/mol. The fraction of sp³-hybridized carbons (Fsp3) is 0. The monoisotopic (exact) mass is 170 g/mol. The van der Waals surface area contributed by atoms with Gasteiger partial charge >= 0.3 is 0 Å². The molecule has 0 fully saturated rings. The number of halogens is 1. The third-order valence-electron chi connectivity index (χ3n) is 1.29. The molecule has 0 N–H and O–H groups in total. The van der Waals surface area contributed by atoms with E-state index in [4.69, 9.17) is 10.5 Å². The van der Waals surface area contributed by atoms with Crippen molar-refractivity contribution in [3.63, 3.8) is 0 Å². The second-order valence-electron chi connectivity index (χ2n) is 2.20. The van der Waals surface area contributed by atoms with E-state index in [9.17, 15) is 4.39 Å². The molecule has 0 bridgehead atoms. The van der Waals surface area contributed by atoms with Gasteiger partial charge in [0.15, 0.2) is 6.07 Å². The summed E-state index contributed by atoms with van der Waals surface area (Å²) >= 11 is 0. The molecule has 3 heteroatoms. The minimum absolute atomic E-state index is 0.197. The SMILES string of the molecule is N#CC#Cc1cc(F)cc(C#N)c1. The molecule has 2 nitrogen and oxygen atoms in total. The molecule has 60 valence electrons. The fourth-order valence-corrected chi connectivity index (χ4v) is 0.826. The van der Waals surface area contributed by atoms with Gasteiger partial charge in [-0.05, 0) is 18.2 Å². The van der Waals surface area contributed by atoms with Crippen molar-refractivity contribution in [2.24, 2.45) is 0 Å². The summed E-state index contributed by atoms with van der Waals surface area (Å²) in [6, 6.07) is 7.11. The lowest BCUT2D eigenvalue weighted by molar-refractivity contribution is 0.627. The van der Waals surface area contributed by atoms with E-state index in [1.807, 2.05) is 0 Å². The van der Waals surface area contributed by atoms with Crippen LogP contribution in [0.3, 0.4) is 0 Å². The second kappa shape index (κ2) is 3.90. The maximum Gasteiger partial charge on any atom is 0.152 e. The van der Waals surface area contributed by atoms with E-state index in [1.54, 1.807) is 12.1 Å². The topological polar surface area (TPSA) is 47.6 Å². The Balaban J connectivity index is 3.20. The first-order valence-electron chi connectivity index (χ1n) is 3.37. The Labute approximate surface area is 74.8 Å². The van der Waals surface area contributed by atoms with Gasteiger partial charge < -0.3 is 0 Å². The molecule has 0 aliphatic heterocycles. The summed E-state index contributed by atoms with van der Waals surface area (Å²) in [4.78, 5) is 0. The van der Waals surface area contributed by atoms with Crippen molar-refractivity contribution in [1.82, 2.24) is 0 Å². The largest absolute Gasteiger partial charge is 0.207 e. The van der Waals surface area contributed by atoms with Crippen LogP contribution < -0.4 is 0 Å². The lowest BCUT2D eigenvalue weighted by Gasteiger charge is -1.92. The van der Waals surface area contributed by atoms with Crippen molar-refractivity contribution in [3.8, 4) is 24.0 Å². The van der Waals surface area contributed by atoms with Gasteiger partial charge in [0, 0.05) is 11.5 Å². The van der Waals surface area contributed by atoms with Crippen molar-refractivity contribution < 1.29 is 4.39 Å². The van der Waals surface area contributed by atoms with Crippen LogP contribution in [0.25, 0.3) is 0 Å². The first-order valence-corrected chi connectivity index (χ1v) is 3.37. The zero-order valence-electron chi connectivity index (χ0n) is 6.50. The number of rotatable bonds is 0. The minimum atomic E-state index is -0.527. The van der Waals surface area contributed by atoms with Gasteiger partial charge in [0.05, 0.1) is 11.6 Å². The van der Waals surface area contributed by atoms with Gasteiger partial charge in [0.25, 0.3) is 0 Å². The number of hydrogen-bond acceptors (Lipinski definition) is 2. The number of nitriles is 2. The van der Waals surface area contributed by atoms with Gasteiger partial charge in [-0.3, -0.25) is 0 Å². The van der Waals surface area contributed by atoms with Crippen LogP contribution in [0.5, 0.6) is 0 Å². The molecular weight excluding hydrogens is 167 g/mol. The molecule has 0 heterocycles. The lowest BCUT2D eigenvalue weighted by atomic mass is 10.1. The summed E-state index contributed by atoms with van der Waals surface area (Å²) in [6.07, 6.45) is 0. The molecule has 0 atom stereocenters. The van der Waals surface area contributed by atoms with Crippen molar-refractivity contribution in [2.75, 3.05) is 0 Å². The predicted octanol–water partition coefficient (Wildman–Crippen LogP) is 1.57. The Bertz CT molecular complexity index is 466. The predicted molar refractivity (Wildman–Crippen MR) is 43.6 cm³/mol. The number of nitrogens with zero attached hydrogens (tertiary/aromatic N) is 2. The van der Waals surface area contributed by atoms with Crippen LogP contribution in [-0.2, 0) is 0 Å². The van der Waals surface area contributed by atoms with E-state index >= 15 is 0 Å². The van der Waals surface area contributed by atoms with Gasteiger partial charge in [-0.1, -0.05) is 5.92 Å². The van der Waals surface area contributed by atoms with Crippen molar-refractivity contribution in [2.45, 2.75) is 0 Å². The Morgan fingerprint density at radius 1 is 1.08 bits per heavy atom. The molecule has 13 heavy (non-hydrogen) atoms. The number of benzene rings is 1. The highest BCUT2D eigenvalue weighted by Crippen LogP contribution is 2.06. The lowest BCUT2D eigenvalue weighted by Crippen LogP contribution is -1.82. The summed E-state index contributed by atoms with van der Waals surface area (Å²) in [6.45, 7) is 0. The highest BCUT2D eigenvalue weighted by molar-refractivity contribution is 5.43. The molecule has 0 saturated heterocycles. The highest BCUT2D eigenvalue weighted by Gasteiger charge is 1.97. The Morgan fingerprint density at radius 3 is 2.38 bits per heavy atom. The Kier molecular flexibility index (Phi) is 2.64. The van der Waals surface area contributed by atoms with Gasteiger partial charge in [-0.25, -0.2) is 4.39 Å². The van der Waals surface area contributed by atoms with Crippen LogP contribution in [0.2, 0.25) is 0 Å². The van der Waals surface area contributed by atoms with Crippen LogP contribution in [0.1, 0.15) is 11.1 Å². The zero-order chi connectivity index (χ0) is 9.68. The minimum Gasteiger partial charge on any atom is -0.207 e. The van der Waals surface area contributed by atoms with E-state index in [1.165, 1.54) is 12.1 Å². The first-order chi connectivity index (χ1) is 6.26. The van der Waals surface area contributed by atoms with E-state index in [-0.39, 0.29) is 5.56 Å². The third-order valence-corrected chi connectivity index (χ3v) is 1.29. The third kappa shape index (κ3) is 2.33. The Hall–Kier alpha value is -2.31.